The molecule has 0 spiro atoms. The second kappa shape index (κ2) is 7.42. The zero-order valence-electron chi connectivity index (χ0n) is 15.9. The van der Waals surface area contributed by atoms with Crippen molar-refractivity contribution in [2.75, 3.05) is 26.2 Å². The molecule has 1 aromatic rings. The van der Waals surface area contributed by atoms with Gasteiger partial charge in [0.2, 0.25) is 5.91 Å². The van der Waals surface area contributed by atoms with Crippen LogP contribution in [0.25, 0.3) is 0 Å². The molecule has 26 heavy (non-hydrogen) atoms. The standard InChI is InChI=1S/C22H30N2O2/c1-16-7-11-23(12-8-16)21(25)18-9-13-24(14-10-18)22(26)20-6-5-17-3-2-4-19(17)15-20/h5-6,15-16,18H,2-4,7-14H2,1H3. The topological polar surface area (TPSA) is 40.6 Å². The highest BCUT2D eigenvalue weighted by molar-refractivity contribution is 5.94. The number of piperidine rings is 2. The molecule has 0 bridgehead atoms. The van der Waals surface area contributed by atoms with Gasteiger partial charge in [0.1, 0.15) is 0 Å². The largest absolute Gasteiger partial charge is 0.342 e. The molecular weight excluding hydrogens is 324 g/mol. The number of amides is 2. The molecule has 0 N–H and O–H groups in total. The van der Waals surface area contributed by atoms with E-state index in [1.165, 1.54) is 17.5 Å². The van der Waals surface area contributed by atoms with Crippen LogP contribution in [-0.4, -0.2) is 47.8 Å². The summed E-state index contributed by atoms with van der Waals surface area (Å²) < 4.78 is 0. The predicted octanol–water partition coefficient (Wildman–Crippen LogP) is 3.29. The monoisotopic (exact) mass is 354 g/mol. The number of carbonyl (C=O) groups excluding carboxylic acids is 2. The van der Waals surface area contributed by atoms with Crippen LogP contribution in [0.2, 0.25) is 0 Å². The summed E-state index contributed by atoms with van der Waals surface area (Å²) in [4.78, 5) is 29.6. The fourth-order valence-corrected chi connectivity index (χ4v) is 4.70. The molecule has 1 aromatic carbocycles. The lowest BCUT2D eigenvalue weighted by Crippen LogP contribution is -2.46. The average Bonchev–Trinajstić information content (AvgIpc) is 3.15. The Labute approximate surface area is 156 Å². The first kappa shape index (κ1) is 17.6. The molecule has 3 aliphatic rings. The van der Waals surface area contributed by atoms with Gasteiger partial charge >= 0.3 is 0 Å². The minimum absolute atomic E-state index is 0.104. The second-order valence-electron chi connectivity index (χ2n) is 8.41. The highest BCUT2D eigenvalue weighted by Gasteiger charge is 2.32. The Morgan fingerprint density at radius 3 is 2.27 bits per heavy atom. The van der Waals surface area contributed by atoms with E-state index in [-0.39, 0.29) is 11.8 Å². The summed E-state index contributed by atoms with van der Waals surface area (Å²) >= 11 is 0. The lowest BCUT2D eigenvalue weighted by Gasteiger charge is -2.36. The summed E-state index contributed by atoms with van der Waals surface area (Å²) in [6.07, 6.45) is 7.32. The number of likely N-dealkylation sites (tertiary alicyclic amines) is 2. The Kier molecular flexibility index (Phi) is 5.01. The van der Waals surface area contributed by atoms with Gasteiger partial charge in [-0.25, -0.2) is 0 Å². The van der Waals surface area contributed by atoms with E-state index in [1.807, 2.05) is 11.0 Å². The third kappa shape index (κ3) is 3.51. The lowest BCUT2D eigenvalue weighted by atomic mass is 9.92. The second-order valence-corrected chi connectivity index (χ2v) is 8.41. The third-order valence-electron chi connectivity index (χ3n) is 6.57. The summed E-state index contributed by atoms with van der Waals surface area (Å²) in [5, 5.41) is 0. The quantitative estimate of drug-likeness (QED) is 0.818. The van der Waals surface area contributed by atoms with Crippen LogP contribution in [0.4, 0.5) is 0 Å². The number of rotatable bonds is 2. The van der Waals surface area contributed by atoms with Crippen molar-refractivity contribution in [1.29, 1.82) is 0 Å². The van der Waals surface area contributed by atoms with Gasteiger partial charge < -0.3 is 9.80 Å². The normalized spacial score (nSPS) is 21.7. The van der Waals surface area contributed by atoms with Crippen LogP contribution in [-0.2, 0) is 17.6 Å². The lowest BCUT2D eigenvalue weighted by molar-refractivity contribution is -0.138. The number of fused-ring (bicyclic) bond motifs is 1. The minimum atomic E-state index is 0.104. The van der Waals surface area contributed by atoms with Crippen molar-refractivity contribution in [2.24, 2.45) is 11.8 Å². The van der Waals surface area contributed by atoms with Crippen molar-refractivity contribution in [1.82, 2.24) is 9.80 Å². The SMILES string of the molecule is CC1CCN(C(=O)C2CCN(C(=O)c3ccc4c(c3)CCC4)CC2)CC1. The van der Waals surface area contributed by atoms with Crippen molar-refractivity contribution in [3.8, 4) is 0 Å². The summed E-state index contributed by atoms with van der Waals surface area (Å²) in [7, 11) is 0. The fourth-order valence-electron chi connectivity index (χ4n) is 4.70. The average molecular weight is 354 g/mol. The molecule has 0 aromatic heterocycles. The van der Waals surface area contributed by atoms with Gasteiger partial charge in [0.15, 0.2) is 0 Å². The van der Waals surface area contributed by atoms with E-state index in [9.17, 15) is 9.59 Å². The molecule has 4 rings (SSSR count). The van der Waals surface area contributed by atoms with Crippen molar-refractivity contribution >= 4 is 11.8 Å². The fraction of sp³-hybridized carbons (Fsp3) is 0.636. The Hall–Kier alpha value is -1.84. The van der Waals surface area contributed by atoms with Crippen molar-refractivity contribution in [3.05, 3.63) is 34.9 Å². The molecular formula is C22H30N2O2. The van der Waals surface area contributed by atoms with Gasteiger partial charge in [0.05, 0.1) is 0 Å². The van der Waals surface area contributed by atoms with Crippen LogP contribution in [0.1, 0.15) is 60.5 Å². The number of hydrogen-bond donors (Lipinski definition) is 0. The molecule has 140 valence electrons. The number of aryl methyl sites for hydroxylation is 2. The molecule has 0 unspecified atom stereocenters. The summed E-state index contributed by atoms with van der Waals surface area (Å²) in [5.74, 6) is 1.30. The first-order valence-corrected chi connectivity index (χ1v) is 10.3. The van der Waals surface area contributed by atoms with Crippen molar-refractivity contribution < 1.29 is 9.59 Å². The molecule has 0 atom stereocenters. The smallest absolute Gasteiger partial charge is 0.253 e. The molecule has 1 aliphatic carbocycles. The predicted molar refractivity (Wildman–Crippen MR) is 102 cm³/mol. The van der Waals surface area contributed by atoms with Crippen molar-refractivity contribution in [2.45, 2.75) is 51.9 Å². The van der Waals surface area contributed by atoms with Crippen LogP contribution in [0, 0.1) is 11.8 Å². The maximum absolute atomic E-state index is 12.8. The zero-order valence-corrected chi connectivity index (χ0v) is 15.9. The highest BCUT2D eigenvalue weighted by Crippen LogP contribution is 2.26. The Bertz CT molecular complexity index is 683. The van der Waals surface area contributed by atoms with Crippen LogP contribution in [0.15, 0.2) is 18.2 Å². The van der Waals surface area contributed by atoms with Gasteiger partial charge in [-0.05, 0) is 74.1 Å². The molecule has 2 heterocycles. The first-order valence-electron chi connectivity index (χ1n) is 10.3. The van der Waals surface area contributed by atoms with Gasteiger partial charge in [-0.15, -0.1) is 0 Å². The zero-order chi connectivity index (χ0) is 18.1. The van der Waals surface area contributed by atoms with Gasteiger partial charge in [-0.2, -0.15) is 0 Å². The van der Waals surface area contributed by atoms with Crippen LogP contribution >= 0.6 is 0 Å². The van der Waals surface area contributed by atoms with E-state index in [0.717, 1.165) is 63.1 Å². The number of benzene rings is 1. The molecule has 0 saturated carbocycles. The summed E-state index contributed by atoms with van der Waals surface area (Å²) in [5.41, 5.74) is 3.57. The van der Waals surface area contributed by atoms with Crippen LogP contribution in [0.3, 0.4) is 0 Å². The maximum Gasteiger partial charge on any atom is 0.253 e. The Morgan fingerprint density at radius 2 is 1.54 bits per heavy atom. The molecule has 0 radical (unpaired) electrons. The van der Waals surface area contributed by atoms with Crippen LogP contribution in [0.5, 0.6) is 0 Å². The van der Waals surface area contributed by atoms with Crippen LogP contribution < -0.4 is 0 Å². The Balaban J connectivity index is 1.33. The highest BCUT2D eigenvalue weighted by atomic mass is 16.2. The molecule has 2 fully saturated rings. The molecule has 4 nitrogen and oxygen atoms in total. The van der Waals surface area contributed by atoms with E-state index < -0.39 is 0 Å². The van der Waals surface area contributed by atoms with E-state index in [2.05, 4.69) is 24.0 Å². The van der Waals surface area contributed by atoms with Crippen molar-refractivity contribution in [3.63, 3.8) is 0 Å². The van der Waals surface area contributed by atoms with Gasteiger partial charge in [-0.1, -0.05) is 13.0 Å². The van der Waals surface area contributed by atoms with Gasteiger partial charge in [0, 0.05) is 37.7 Å². The number of nitrogens with zero attached hydrogens (tertiary/aromatic N) is 2. The van der Waals surface area contributed by atoms with Gasteiger partial charge in [0.25, 0.3) is 5.91 Å². The van der Waals surface area contributed by atoms with E-state index in [1.54, 1.807) is 0 Å². The molecule has 2 saturated heterocycles. The first-order chi connectivity index (χ1) is 12.6. The molecule has 4 heteroatoms. The van der Waals surface area contributed by atoms with E-state index >= 15 is 0 Å². The van der Waals surface area contributed by atoms with E-state index in [4.69, 9.17) is 0 Å². The maximum atomic E-state index is 12.8. The molecule has 2 aliphatic heterocycles. The summed E-state index contributed by atoms with van der Waals surface area (Å²) in [6, 6.07) is 6.21. The Morgan fingerprint density at radius 1 is 0.885 bits per heavy atom. The van der Waals surface area contributed by atoms with E-state index in [0.29, 0.717) is 19.0 Å². The van der Waals surface area contributed by atoms with Gasteiger partial charge in [-0.3, -0.25) is 9.59 Å². The third-order valence-corrected chi connectivity index (χ3v) is 6.57. The number of hydrogen-bond acceptors (Lipinski definition) is 2. The summed E-state index contributed by atoms with van der Waals surface area (Å²) in [6.45, 7) is 5.50. The minimum Gasteiger partial charge on any atom is -0.342 e. The molecule has 2 amide bonds. The number of carbonyl (C=O) groups is 2.